The van der Waals surface area contributed by atoms with Crippen molar-refractivity contribution in [3.05, 3.63) is 17.3 Å². The van der Waals surface area contributed by atoms with Crippen molar-refractivity contribution in [3.8, 4) is 0 Å². The molecule has 13 heavy (non-hydrogen) atoms. The number of halogens is 3. The van der Waals surface area contributed by atoms with E-state index >= 15 is 0 Å². The zero-order valence-corrected chi connectivity index (χ0v) is 8.18. The first-order valence-corrected chi connectivity index (χ1v) is 4.57. The zero-order valence-electron chi connectivity index (χ0n) is 6.60. The van der Waals surface area contributed by atoms with Gasteiger partial charge in [0.2, 0.25) is 0 Å². The molecule has 0 aliphatic rings. The van der Waals surface area contributed by atoms with E-state index in [0.717, 1.165) is 6.07 Å². The van der Waals surface area contributed by atoms with E-state index in [1.807, 2.05) is 0 Å². The number of nitrogens with two attached hydrogens (primary N) is 2. The minimum atomic E-state index is -2.64. The lowest BCUT2D eigenvalue weighted by atomic mass is 10.2. The molecule has 0 aliphatic carbocycles. The van der Waals surface area contributed by atoms with Gasteiger partial charge in [-0.2, -0.15) is 0 Å². The van der Waals surface area contributed by atoms with Gasteiger partial charge in [-0.05, 0) is 6.07 Å². The van der Waals surface area contributed by atoms with Gasteiger partial charge in [0.15, 0.2) is 0 Å². The van der Waals surface area contributed by atoms with Crippen molar-refractivity contribution in [3.63, 3.8) is 0 Å². The maximum Gasteiger partial charge on any atom is 0.280 e. The highest BCUT2D eigenvalue weighted by atomic mass is 79.9. The van der Waals surface area contributed by atoms with Crippen molar-refractivity contribution in [1.29, 1.82) is 0 Å². The van der Waals surface area contributed by atoms with E-state index in [-0.39, 0.29) is 17.2 Å². The molecule has 72 valence electrons. The fourth-order valence-electron chi connectivity index (χ4n) is 0.891. The van der Waals surface area contributed by atoms with Crippen molar-refractivity contribution in [2.75, 3.05) is 11.5 Å². The van der Waals surface area contributed by atoms with Crippen LogP contribution in [0.3, 0.4) is 0 Å². The van der Waals surface area contributed by atoms with Gasteiger partial charge in [-0.15, -0.1) is 0 Å². The van der Waals surface area contributed by atoms with E-state index in [4.69, 9.17) is 11.5 Å². The second-order valence-corrected chi connectivity index (χ2v) is 3.00. The van der Waals surface area contributed by atoms with Gasteiger partial charge in [0.05, 0.1) is 0 Å². The van der Waals surface area contributed by atoms with Gasteiger partial charge in [0.1, 0.15) is 11.5 Å². The maximum atomic E-state index is 12.2. The summed E-state index contributed by atoms with van der Waals surface area (Å²) in [6, 6.07) is 1.14. The van der Waals surface area contributed by atoms with Crippen LogP contribution in [-0.4, -0.2) is 4.98 Å². The van der Waals surface area contributed by atoms with Crippen LogP contribution in [0.15, 0.2) is 6.07 Å². The lowest BCUT2D eigenvalue weighted by molar-refractivity contribution is 0.146. The van der Waals surface area contributed by atoms with Crippen LogP contribution in [-0.2, 0) is 5.33 Å². The molecule has 0 aromatic carbocycles. The number of pyridine rings is 1. The van der Waals surface area contributed by atoms with Crippen LogP contribution in [0.25, 0.3) is 0 Å². The Morgan fingerprint density at radius 1 is 1.46 bits per heavy atom. The Bertz CT molecular complexity index is 294. The number of nitrogens with zero attached hydrogens (tertiary/aromatic N) is 1. The van der Waals surface area contributed by atoms with Crippen molar-refractivity contribution < 1.29 is 8.78 Å². The lowest BCUT2D eigenvalue weighted by Gasteiger charge is -2.07. The van der Waals surface area contributed by atoms with E-state index in [0.29, 0.717) is 10.9 Å². The standard InChI is InChI=1S/C7H8BrF2N3/c8-2-3-4(11)1-5(6(9)10)13-7(3)12/h1,6H,2H2,(H4,11,12,13). The molecule has 0 bridgehead atoms. The molecule has 6 heteroatoms. The van der Waals surface area contributed by atoms with Gasteiger partial charge in [0, 0.05) is 16.6 Å². The van der Waals surface area contributed by atoms with Crippen molar-refractivity contribution in [2.45, 2.75) is 11.8 Å². The third-order valence-corrected chi connectivity index (χ3v) is 2.13. The number of alkyl halides is 3. The monoisotopic (exact) mass is 251 g/mol. The molecule has 0 spiro atoms. The number of aromatic nitrogens is 1. The maximum absolute atomic E-state index is 12.2. The number of nitrogen functional groups attached to an aromatic ring is 2. The van der Waals surface area contributed by atoms with E-state index in [1.165, 1.54) is 0 Å². The molecule has 1 aromatic heterocycles. The smallest absolute Gasteiger partial charge is 0.280 e. The Morgan fingerprint density at radius 3 is 2.46 bits per heavy atom. The molecule has 0 saturated heterocycles. The summed E-state index contributed by atoms with van der Waals surface area (Å²) in [6.45, 7) is 0. The number of rotatable bonds is 2. The van der Waals surface area contributed by atoms with E-state index in [1.54, 1.807) is 0 Å². The van der Waals surface area contributed by atoms with Crippen LogP contribution in [0, 0.1) is 0 Å². The molecule has 0 amide bonds. The summed E-state index contributed by atoms with van der Waals surface area (Å²) in [7, 11) is 0. The molecule has 0 radical (unpaired) electrons. The van der Waals surface area contributed by atoms with Gasteiger partial charge in [-0.1, -0.05) is 15.9 Å². The summed E-state index contributed by atoms with van der Waals surface area (Å²) >= 11 is 3.13. The third-order valence-electron chi connectivity index (χ3n) is 1.57. The first-order valence-electron chi connectivity index (χ1n) is 3.45. The molecule has 1 aromatic rings. The second-order valence-electron chi connectivity index (χ2n) is 2.43. The summed E-state index contributed by atoms with van der Waals surface area (Å²) in [5, 5.41) is 0.404. The molecule has 1 rings (SSSR count). The van der Waals surface area contributed by atoms with Crippen LogP contribution < -0.4 is 11.5 Å². The van der Waals surface area contributed by atoms with Gasteiger partial charge >= 0.3 is 0 Å². The SMILES string of the molecule is Nc1cc(C(F)F)nc(N)c1CBr. The van der Waals surface area contributed by atoms with Crippen LogP contribution in [0.1, 0.15) is 17.7 Å². The van der Waals surface area contributed by atoms with Crippen LogP contribution in [0.2, 0.25) is 0 Å². The first-order chi connectivity index (χ1) is 6.06. The average molecular weight is 252 g/mol. The summed E-state index contributed by atoms with van der Waals surface area (Å²) in [5.74, 6) is 0.0483. The molecule has 0 saturated carbocycles. The van der Waals surface area contributed by atoms with Crippen molar-refractivity contribution in [2.24, 2.45) is 0 Å². The van der Waals surface area contributed by atoms with Crippen molar-refractivity contribution >= 4 is 27.4 Å². The third kappa shape index (κ3) is 2.06. The summed E-state index contributed by atoms with van der Waals surface area (Å²) in [4.78, 5) is 3.52. The molecular formula is C7H8BrF2N3. The summed E-state index contributed by atoms with van der Waals surface area (Å²) in [5.41, 5.74) is 11.3. The minimum absolute atomic E-state index is 0.0483. The predicted octanol–water partition coefficient (Wildman–Crippen LogP) is 2.08. The Labute approximate surface area is 82.3 Å². The number of hydrogen-bond donors (Lipinski definition) is 2. The summed E-state index contributed by atoms with van der Waals surface area (Å²) < 4.78 is 24.4. The molecule has 0 fully saturated rings. The quantitative estimate of drug-likeness (QED) is 0.792. The second kappa shape index (κ2) is 3.87. The predicted molar refractivity (Wildman–Crippen MR) is 50.6 cm³/mol. The van der Waals surface area contributed by atoms with E-state index in [9.17, 15) is 8.78 Å². The molecule has 0 atom stereocenters. The summed E-state index contributed by atoms with van der Waals surface area (Å²) in [6.07, 6.45) is -2.64. The number of anilines is 2. The minimum Gasteiger partial charge on any atom is -0.398 e. The van der Waals surface area contributed by atoms with Crippen LogP contribution in [0.5, 0.6) is 0 Å². The molecule has 4 N–H and O–H groups in total. The molecular weight excluding hydrogens is 244 g/mol. The Hall–Kier alpha value is -0.910. The largest absolute Gasteiger partial charge is 0.398 e. The fraction of sp³-hybridized carbons (Fsp3) is 0.286. The van der Waals surface area contributed by atoms with Gasteiger partial charge in [-0.3, -0.25) is 0 Å². The number of hydrogen-bond acceptors (Lipinski definition) is 3. The molecule has 0 unspecified atom stereocenters. The topological polar surface area (TPSA) is 64.9 Å². The van der Waals surface area contributed by atoms with Crippen molar-refractivity contribution in [1.82, 2.24) is 4.98 Å². The average Bonchev–Trinajstić information content (AvgIpc) is 2.03. The Kier molecular flexibility index (Phi) is 3.02. The van der Waals surface area contributed by atoms with Crippen LogP contribution >= 0.6 is 15.9 Å². The molecule has 3 nitrogen and oxygen atoms in total. The Balaban J connectivity index is 3.20. The molecule has 1 heterocycles. The van der Waals surface area contributed by atoms with E-state index < -0.39 is 6.43 Å². The highest BCUT2D eigenvalue weighted by molar-refractivity contribution is 9.08. The first kappa shape index (κ1) is 10.2. The van der Waals surface area contributed by atoms with Gasteiger partial charge < -0.3 is 11.5 Å². The molecule has 0 aliphatic heterocycles. The Morgan fingerprint density at radius 2 is 2.08 bits per heavy atom. The highest BCUT2D eigenvalue weighted by Crippen LogP contribution is 2.26. The normalized spacial score (nSPS) is 10.8. The van der Waals surface area contributed by atoms with Crippen LogP contribution in [0.4, 0.5) is 20.3 Å². The van der Waals surface area contributed by atoms with Gasteiger partial charge in [-0.25, -0.2) is 13.8 Å². The zero-order chi connectivity index (χ0) is 10.0. The highest BCUT2D eigenvalue weighted by Gasteiger charge is 2.13. The van der Waals surface area contributed by atoms with Gasteiger partial charge in [0.25, 0.3) is 6.43 Å². The lowest BCUT2D eigenvalue weighted by Crippen LogP contribution is -2.04. The fourth-order valence-corrected chi connectivity index (χ4v) is 1.50. The van der Waals surface area contributed by atoms with E-state index in [2.05, 4.69) is 20.9 Å².